The van der Waals surface area contributed by atoms with Crippen molar-refractivity contribution in [2.75, 3.05) is 0 Å². The van der Waals surface area contributed by atoms with E-state index in [2.05, 4.69) is 6.92 Å². The molecule has 0 atom stereocenters. The van der Waals surface area contributed by atoms with Crippen molar-refractivity contribution in [1.29, 1.82) is 0 Å². The molecule has 1 fully saturated rings. The lowest BCUT2D eigenvalue weighted by Gasteiger charge is -2.26. The number of hydrogen-bond acceptors (Lipinski definition) is 1. The van der Waals surface area contributed by atoms with Crippen molar-refractivity contribution >= 4 is 0 Å². The standard InChI is InChI=1S/C13H17FO/c1-10-6-8-11(9-7-10)15-13-5-3-2-4-12(13)14/h2-5,10-11H,6-9H2,1H3. The minimum Gasteiger partial charge on any atom is -0.487 e. The lowest BCUT2D eigenvalue weighted by Crippen LogP contribution is -2.23. The fourth-order valence-electron chi connectivity index (χ4n) is 2.07. The van der Waals surface area contributed by atoms with Gasteiger partial charge in [0.05, 0.1) is 6.10 Å². The van der Waals surface area contributed by atoms with Gasteiger partial charge < -0.3 is 4.74 Å². The lowest BCUT2D eigenvalue weighted by molar-refractivity contribution is 0.130. The van der Waals surface area contributed by atoms with E-state index >= 15 is 0 Å². The maximum absolute atomic E-state index is 13.3. The second kappa shape index (κ2) is 4.65. The summed E-state index contributed by atoms with van der Waals surface area (Å²) in [6.07, 6.45) is 4.70. The molecule has 0 radical (unpaired) electrons. The van der Waals surface area contributed by atoms with Gasteiger partial charge in [0.1, 0.15) is 0 Å². The minimum absolute atomic E-state index is 0.207. The molecule has 0 aromatic heterocycles. The van der Waals surface area contributed by atoms with Gasteiger partial charge in [-0.2, -0.15) is 0 Å². The third-order valence-electron chi connectivity index (χ3n) is 3.09. The van der Waals surface area contributed by atoms with E-state index in [0.29, 0.717) is 5.75 Å². The van der Waals surface area contributed by atoms with E-state index in [4.69, 9.17) is 4.74 Å². The quantitative estimate of drug-likeness (QED) is 0.718. The highest BCUT2D eigenvalue weighted by atomic mass is 19.1. The molecule has 1 aliphatic carbocycles. The molecular formula is C13H17FO. The first-order valence-electron chi connectivity index (χ1n) is 5.67. The predicted molar refractivity (Wildman–Crippen MR) is 58.4 cm³/mol. The summed E-state index contributed by atoms with van der Waals surface area (Å²) in [7, 11) is 0. The molecule has 82 valence electrons. The molecule has 0 aliphatic heterocycles. The Kier molecular flexibility index (Phi) is 3.24. The lowest BCUT2D eigenvalue weighted by atomic mass is 9.89. The molecule has 0 amide bonds. The van der Waals surface area contributed by atoms with Crippen molar-refractivity contribution < 1.29 is 9.13 Å². The third-order valence-corrected chi connectivity index (χ3v) is 3.09. The largest absolute Gasteiger partial charge is 0.487 e. The number of para-hydroxylation sites is 1. The summed E-state index contributed by atoms with van der Waals surface area (Å²) in [6.45, 7) is 2.26. The van der Waals surface area contributed by atoms with Crippen molar-refractivity contribution in [2.45, 2.75) is 38.7 Å². The van der Waals surface area contributed by atoms with E-state index in [-0.39, 0.29) is 11.9 Å². The van der Waals surface area contributed by atoms with Crippen molar-refractivity contribution in [3.63, 3.8) is 0 Å². The molecule has 0 N–H and O–H groups in total. The average Bonchev–Trinajstić information content (AvgIpc) is 2.25. The van der Waals surface area contributed by atoms with Crippen LogP contribution in [0.5, 0.6) is 5.75 Å². The first-order chi connectivity index (χ1) is 7.25. The zero-order valence-electron chi connectivity index (χ0n) is 9.08. The maximum Gasteiger partial charge on any atom is 0.165 e. The molecule has 0 saturated heterocycles. The van der Waals surface area contributed by atoms with E-state index in [1.54, 1.807) is 12.1 Å². The number of rotatable bonds is 2. The van der Waals surface area contributed by atoms with Gasteiger partial charge in [-0.3, -0.25) is 0 Å². The summed E-state index contributed by atoms with van der Waals surface area (Å²) in [4.78, 5) is 0. The molecule has 1 saturated carbocycles. The van der Waals surface area contributed by atoms with E-state index in [9.17, 15) is 4.39 Å². The first-order valence-corrected chi connectivity index (χ1v) is 5.67. The Morgan fingerprint density at radius 1 is 1.13 bits per heavy atom. The van der Waals surface area contributed by atoms with Crippen LogP contribution in [0.2, 0.25) is 0 Å². The van der Waals surface area contributed by atoms with E-state index in [0.717, 1.165) is 18.8 Å². The second-order valence-corrected chi connectivity index (χ2v) is 4.43. The van der Waals surface area contributed by atoms with Gasteiger partial charge in [-0.05, 0) is 43.7 Å². The molecule has 0 heterocycles. The maximum atomic E-state index is 13.3. The van der Waals surface area contributed by atoms with Crippen molar-refractivity contribution in [2.24, 2.45) is 5.92 Å². The monoisotopic (exact) mass is 208 g/mol. The summed E-state index contributed by atoms with van der Waals surface area (Å²) in [5.74, 6) is 0.943. The van der Waals surface area contributed by atoms with Gasteiger partial charge in [-0.25, -0.2) is 4.39 Å². The smallest absolute Gasteiger partial charge is 0.165 e. The molecule has 1 aromatic rings. The zero-order chi connectivity index (χ0) is 10.7. The molecule has 1 aliphatic rings. The highest BCUT2D eigenvalue weighted by molar-refractivity contribution is 5.23. The first kappa shape index (κ1) is 10.5. The van der Waals surface area contributed by atoms with Crippen LogP contribution in [0.4, 0.5) is 4.39 Å². The Morgan fingerprint density at radius 2 is 1.80 bits per heavy atom. The third kappa shape index (κ3) is 2.71. The number of benzene rings is 1. The topological polar surface area (TPSA) is 9.23 Å². The van der Waals surface area contributed by atoms with Crippen molar-refractivity contribution in [3.05, 3.63) is 30.1 Å². The highest BCUT2D eigenvalue weighted by Gasteiger charge is 2.20. The van der Waals surface area contributed by atoms with Crippen LogP contribution in [-0.4, -0.2) is 6.10 Å². The van der Waals surface area contributed by atoms with Crippen molar-refractivity contribution in [3.8, 4) is 5.75 Å². The van der Waals surface area contributed by atoms with Gasteiger partial charge in [0.15, 0.2) is 11.6 Å². The van der Waals surface area contributed by atoms with Crippen LogP contribution in [0.3, 0.4) is 0 Å². The van der Waals surface area contributed by atoms with Gasteiger partial charge in [-0.15, -0.1) is 0 Å². The summed E-state index contributed by atoms with van der Waals surface area (Å²) in [6, 6.07) is 6.64. The van der Waals surface area contributed by atoms with E-state index in [1.165, 1.54) is 18.9 Å². The number of hydrogen-bond donors (Lipinski definition) is 0. The van der Waals surface area contributed by atoms with Gasteiger partial charge in [-0.1, -0.05) is 19.1 Å². The molecule has 2 rings (SSSR count). The average molecular weight is 208 g/mol. The molecule has 0 unspecified atom stereocenters. The SMILES string of the molecule is CC1CCC(Oc2ccccc2F)CC1. The van der Waals surface area contributed by atoms with Crippen LogP contribution >= 0.6 is 0 Å². The summed E-state index contributed by atoms with van der Waals surface area (Å²) >= 11 is 0. The van der Waals surface area contributed by atoms with Crippen LogP contribution in [-0.2, 0) is 0 Å². The molecule has 0 spiro atoms. The van der Waals surface area contributed by atoms with Gasteiger partial charge in [0.25, 0.3) is 0 Å². The fourth-order valence-corrected chi connectivity index (χ4v) is 2.07. The normalized spacial score (nSPS) is 26.3. The van der Waals surface area contributed by atoms with Crippen LogP contribution in [0.25, 0.3) is 0 Å². The molecular weight excluding hydrogens is 191 g/mol. The van der Waals surface area contributed by atoms with Crippen LogP contribution < -0.4 is 4.74 Å². The van der Waals surface area contributed by atoms with E-state index < -0.39 is 0 Å². The highest BCUT2D eigenvalue weighted by Crippen LogP contribution is 2.28. The molecule has 2 heteroatoms. The van der Waals surface area contributed by atoms with Crippen LogP contribution in [0.15, 0.2) is 24.3 Å². The summed E-state index contributed by atoms with van der Waals surface area (Å²) in [5, 5.41) is 0. The van der Waals surface area contributed by atoms with Crippen LogP contribution in [0.1, 0.15) is 32.6 Å². The minimum atomic E-state index is -0.254. The van der Waals surface area contributed by atoms with Crippen LogP contribution in [0, 0.1) is 11.7 Å². The predicted octanol–water partition coefficient (Wildman–Crippen LogP) is 3.78. The Balaban J connectivity index is 1.95. The Hall–Kier alpha value is -1.05. The fraction of sp³-hybridized carbons (Fsp3) is 0.538. The van der Waals surface area contributed by atoms with E-state index in [1.807, 2.05) is 6.07 Å². The number of ether oxygens (including phenoxy) is 1. The van der Waals surface area contributed by atoms with Gasteiger partial charge >= 0.3 is 0 Å². The van der Waals surface area contributed by atoms with Crippen molar-refractivity contribution in [1.82, 2.24) is 0 Å². The molecule has 1 nitrogen and oxygen atoms in total. The summed E-state index contributed by atoms with van der Waals surface area (Å²) in [5.41, 5.74) is 0. The Labute approximate surface area is 90.3 Å². The zero-order valence-corrected chi connectivity index (χ0v) is 9.08. The molecule has 1 aromatic carbocycles. The van der Waals surface area contributed by atoms with Gasteiger partial charge in [0, 0.05) is 0 Å². The van der Waals surface area contributed by atoms with Gasteiger partial charge in [0.2, 0.25) is 0 Å². The Bertz CT molecular complexity index is 316. The molecule has 0 bridgehead atoms. The Morgan fingerprint density at radius 3 is 2.47 bits per heavy atom. The summed E-state index contributed by atoms with van der Waals surface area (Å²) < 4.78 is 19.0. The number of halogens is 1. The molecule has 15 heavy (non-hydrogen) atoms. The second-order valence-electron chi connectivity index (χ2n) is 4.43.